The lowest BCUT2D eigenvalue weighted by Crippen LogP contribution is -2.36. The maximum absolute atomic E-state index is 11.9. The molecule has 1 aliphatic heterocycles. The minimum Gasteiger partial charge on any atom is -0.376 e. The number of benzene rings is 1. The van der Waals surface area contributed by atoms with Gasteiger partial charge in [-0.2, -0.15) is 0 Å². The Bertz CT molecular complexity index is 414. The first kappa shape index (κ1) is 14.0. The zero-order chi connectivity index (χ0) is 13.5. The molecule has 0 aromatic heterocycles. The molecule has 0 saturated carbocycles. The number of ether oxygens (including phenoxy) is 1. The maximum atomic E-state index is 11.9. The molecule has 1 amide bonds. The van der Waals surface area contributed by atoms with Gasteiger partial charge in [-0.05, 0) is 30.4 Å². The summed E-state index contributed by atoms with van der Waals surface area (Å²) in [5.41, 5.74) is 7.71. The lowest BCUT2D eigenvalue weighted by Gasteiger charge is -2.22. The molecule has 3 N–H and O–H groups in total. The van der Waals surface area contributed by atoms with Crippen molar-refractivity contribution in [3.63, 3.8) is 0 Å². The Balaban J connectivity index is 1.80. The van der Waals surface area contributed by atoms with Crippen LogP contribution in [0, 0.1) is 0 Å². The predicted molar refractivity (Wildman–Crippen MR) is 74.6 cm³/mol. The van der Waals surface area contributed by atoms with Crippen molar-refractivity contribution >= 4 is 5.91 Å². The molecule has 2 rings (SSSR count). The van der Waals surface area contributed by atoms with E-state index in [0.717, 1.165) is 30.6 Å². The summed E-state index contributed by atoms with van der Waals surface area (Å²) in [5, 5.41) is 2.95. The quantitative estimate of drug-likeness (QED) is 0.842. The molecule has 1 atom stereocenters. The molecule has 4 heteroatoms. The number of carbonyl (C=O) groups excluding carboxylic acids is 1. The summed E-state index contributed by atoms with van der Waals surface area (Å²) in [4.78, 5) is 11.9. The molecule has 19 heavy (non-hydrogen) atoms. The number of carbonyl (C=O) groups is 1. The van der Waals surface area contributed by atoms with Crippen LogP contribution in [0.2, 0.25) is 0 Å². The zero-order valence-electron chi connectivity index (χ0n) is 11.2. The number of nitrogens with two attached hydrogens (primary N) is 1. The molecule has 1 unspecified atom stereocenters. The fraction of sp³-hybridized carbons (Fsp3) is 0.533. The SMILES string of the molecule is NCc1ccccc1CC(=O)NCC1CCCCO1. The summed E-state index contributed by atoms with van der Waals surface area (Å²) in [5.74, 6) is 0.0371. The lowest BCUT2D eigenvalue weighted by molar-refractivity contribution is -0.121. The Labute approximate surface area is 114 Å². The van der Waals surface area contributed by atoms with Crippen LogP contribution in [0.3, 0.4) is 0 Å². The van der Waals surface area contributed by atoms with Crippen LogP contribution in [-0.2, 0) is 22.5 Å². The number of hydrogen-bond acceptors (Lipinski definition) is 3. The molecule has 104 valence electrons. The summed E-state index contributed by atoms with van der Waals surface area (Å²) in [6, 6.07) is 7.80. The van der Waals surface area contributed by atoms with Gasteiger partial charge in [-0.25, -0.2) is 0 Å². The van der Waals surface area contributed by atoms with Crippen LogP contribution in [0.4, 0.5) is 0 Å². The van der Waals surface area contributed by atoms with Crippen LogP contribution in [0.5, 0.6) is 0 Å². The van der Waals surface area contributed by atoms with Crippen molar-refractivity contribution in [3.8, 4) is 0 Å². The van der Waals surface area contributed by atoms with E-state index in [0.29, 0.717) is 19.5 Å². The van der Waals surface area contributed by atoms with Crippen molar-refractivity contribution in [2.45, 2.75) is 38.3 Å². The van der Waals surface area contributed by atoms with E-state index < -0.39 is 0 Å². The van der Waals surface area contributed by atoms with Crippen molar-refractivity contribution in [1.82, 2.24) is 5.32 Å². The number of hydrogen-bond donors (Lipinski definition) is 2. The van der Waals surface area contributed by atoms with Gasteiger partial charge in [0.1, 0.15) is 0 Å². The molecule has 1 fully saturated rings. The molecule has 4 nitrogen and oxygen atoms in total. The number of amides is 1. The Hall–Kier alpha value is -1.39. The van der Waals surface area contributed by atoms with Gasteiger partial charge in [0.25, 0.3) is 0 Å². The molecule has 1 heterocycles. The smallest absolute Gasteiger partial charge is 0.224 e. The largest absolute Gasteiger partial charge is 0.376 e. The fourth-order valence-corrected chi connectivity index (χ4v) is 2.36. The average molecular weight is 262 g/mol. The van der Waals surface area contributed by atoms with Crippen LogP contribution in [-0.4, -0.2) is 25.2 Å². The average Bonchev–Trinajstić information content (AvgIpc) is 2.47. The Kier molecular flexibility index (Phi) is 5.36. The van der Waals surface area contributed by atoms with Gasteiger partial charge in [0.05, 0.1) is 12.5 Å². The van der Waals surface area contributed by atoms with E-state index in [1.54, 1.807) is 0 Å². The summed E-state index contributed by atoms with van der Waals surface area (Å²) in [6.45, 7) is 1.90. The minimum atomic E-state index is 0.0371. The minimum absolute atomic E-state index is 0.0371. The third-order valence-corrected chi connectivity index (χ3v) is 3.49. The van der Waals surface area contributed by atoms with Gasteiger partial charge in [-0.15, -0.1) is 0 Å². The molecule has 0 spiro atoms. The maximum Gasteiger partial charge on any atom is 0.224 e. The predicted octanol–water partition coefficient (Wildman–Crippen LogP) is 1.37. The van der Waals surface area contributed by atoms with E-state index in [9.17, 15) is 4.79 Å². The van der Waals surface area contributed by atoms with E-state index in [-0.39, 0.29) is 12.0 Å². The van der Waals surface area contributed by atoms with Crippen LogP contribution < -0.4 is 11.1 Å². The van der Waals surface area contributed by atoms with Gasteiger partial charge < -0.3 is 15.8 Å². The highest BCUT2D eigenvalue weighted by atomic mass is 16.5. The highest BCUT2D eigenvalue weighted by Gasteiger charge is 2.15. The second-order valence-electron chi connectivity index (χ2n) is 4.94. The lowest BCUT2D eigenvalue weighted by atomic mass is 10.0. The molecule has 0 aliphatic carbocycles. The van der Waals surface area contributed by atoms with Crippen molar-refractivity contribution in [2.24, 2.45) is 5.73 Å². The second kappa shape index (κ2) is 7.26. The molecule has 1 aromatic carbocycles. The monoisotopic (exact) mass is 262 g/mol. The number of rotatable bonds is 5. The third kappa shape index (κ3) is 4.33. The highest BCUT2D eigenvalue weighted by Crippen LogP contribution is 2.12. The van der Waals surface area contributed by atoms with Crippen LogP contribution in [0.15, 0.2) is 24.3 Å². The van der Waals surface area contributed by atoms with Gasteiger partial charge in [0.2, 0.25) is 5.91 Å². The first-order valence-electron chi connectivity index (χ1n) is 6.94. The van der Waals surface area contributed by atoms with Crippen molar-refractivity contribution in [3.05, 3.63) is 35.4 Å². The van der Waals surface area contributed by atoms with Crippen LogP contribution >= 0.6 is 0 Å². The van der Waals surface area contributed by atoms with E-state index >= 15 is 0 Å². The van der Waals surface area contributed by atoms with Crippen LogP contribution in [0.25, 0.3) is 0 Å². The zero-order valence-corrected chi connectivity index (χ0v) is 11.2. The van der Waals surface area contributed by atoms with Crippen molar-refractivity contribution in [1.29, 1.82) is 0 Å². The molecule has 1 saturated heterocycles. The standard InChI is InChI=1S/C15H22N2O2/c16-10-13-6-2-1-5-12(13)9-15(18)17-11-14-7-3-4-8-19-14/h1-2,5-6,14H,3-4,7-11,16H2,(H,17,18). The van der Waals surface area contributed by atoms with Crippen molar-refractivity contribution < 1.29 is 9.53 Å². The summed E-state index contributed by atoms with van der Waals surface area (Å²) < 4.78 is 5.59. The molecule has 1 aromatic rings. The molecular formula is C15H22N2O2. The van der Waals surface area contributed by atoms with E-state index in [2.05, 4.69) is 5.32 Å². The van der Waals surface area contributed by atoms with E-state index in [4.69, 9.17) is 10.5 Å². The Morgan fingerprint density at radius 1 is 1.32 bits per heavy atom. The van der Waals surface area contributed by atoms with Gasteiger partial charge in [-0.3, -0.25) is 4.79 Å². The van der Waals surface area contributed by atoms with Crippen molar-refractivity contribution in [2.75, 3.05) is 13.2 Å². The van der Waals surface area contributed by atoms with Gasteiger partial charge in [0, 0.05) is 19.7 Å². The first-order chi connectivity index (χ1) is 9.29. The summed E-state index contributed by atoms with van der Waals surface area (Å²) in [7, 11) is 0. The normalized spacial score (nSPS) is 19.1. The summed E-state index contributed by atoms with van der Waals surface area (Å²) >= 11 is 0. The van der Waals surface area contributed by atoms with Crippen LogP contribution in [0.1, 0.15) is 30.4 Å². The number of nitrogens with one attached hydrogen (secondary N) is 1. The molecular weight excluding hydrogens is 240 g/mol. The fourth-order valence-electron chi connectivity index (χ4n) is 2.36. The molecule has 0 bridgehead atoms. The molecule has 1 aliphatic rings. The topological polar surface area (TPSA) is 64.4 Å². The Morgan fingerprint density at radius 3 is 2.79 bits per heavy atom. The Morgan fingerprint density at radius 2 is 2.11 bits per heavy atom. The highest BCUT2D eigenvalue weighted by molar-refractivity contribution is 5.78. The summed E-state index contributed by atoms with van der Waals surface area (Å²) in [6.07, 6.45) is 3.94. The van der Waals surface area contributed by atoms with Gasteiger partial charge in [0.15, 0.2) is 0 Å². The van der Waals surface area contributed by atoms with E-state index in [1.165, 1.54) is 6.42 Å². The second-order valence-corrected chi connectivity index (χ2v) is 4.94. The van der Waals surface area contributed by atoms with E-state index in [1.807, 2.05) is 24.3 Å². The van der Waals surface area contributed by atoms with Gasteiger partial charge in [-0.1, -0.05) is 24.3 Å². The third-order valence-electron chi connectivity index (χ3n) is 3.49. The van der Waals surface area contributed by atoms with Gasteiger partial charge >= 0.3 is 0 Å². The first-order valence-corrected chi connectivity index (χ1v) is 6.94. The molecule has 0 radical (unpaired) electrons.